The Morgan fingerprint density at radius 2 is 2.14 bits per heavy atom. The average Bonchev–Trinajstić information content (AvgIpc) is 2.50. The van der Waals surface area contributed by atoms with Crippen molar-refractivity contribution in [1.82, 2.24) is 14.9 Å². The zero-order chi connectivity index (χ0) is 15.9. The van der Waals surface area contributed by atoms with E-state index in [0.717, 1.165) is 6.42 Å². The van der Waals surface area contributed by atoms with Crippen LogP contribution in [0.2, 0.25) is 0 Å². The highest BCUT2D eigenvalue weighted by molar-refractivity contribution is 5.94. The van der Waals surface area contributed by atoms with Crippen LogP contribution in [-0.2, 0) is 4.79 Å². The van der Waals surface area contributed by atoms with Crippen molar-refractivity contribution in [2.75, 3.05) is 19.4 Å². The Kier molecular flexibility index (Phi) is 5.43. The second-order valence-electron chi connectivity index (χ2n) is 5.05. The molecule has 116 valence electrons. The van der Waals surface area contributed by atoms with Crippen molar-refractivity contribution in [2.24, 2.45) is 0 Å². The lowest BCUT2D eigenvalue weighted by atomic mass is 10.2. The molecule has 0 saturated carbocycles. The molecule has 2 aromatic heterocycles. The summed E-state index contributed by atoms with van der Waals surface area (Å²) in [5.41, 5.74) is 0.642. The van der Waals surface area contributed by atoms with Crippen LogP contribution in [0.5, 0.6) is 11.6 Å². The van der Waals surface area contributed by atoms with Crippen molar-refractivity contribution in [1.29, 1.82) is 0 Å². The minimum Gasteiger partial charge on any atom is -0.437 e. The summed E-state index contributed by atoms with van der Waals surface area (Å²) in [6.45, 7) is 1.98. The molecular weight excluding hydrogens is 280 g/mol. The lowest BCUT2D eigenvalue weighted by Gasteiger charge is -2.21. The number of pyridine rings is 2. The van der Waals surface area contributed by atoms with Gasteiger partial charge in [-0.1, -0.05) is 6.92 Å². The van der Waals surface area contributed by atoms with Crippen LogP contribution in [0, 0.1) is 0 Å². The van der Waals surface area contributed by atoms with Crippen LogP contribution in [0.25, 0.3) is 0 Å². The lowest BCUT2D eigenvalue weighted by Crippen LogP contribution is -2.39. The molecule has 1 atom stereocenters. The van der Waals surface area contributed by atoms with Crippen molar-refractivity contribution in [3.8, 4) is 11.6 Å². The van der Waals surface area contributed by atoms with Crippen molar-refractivity contribution < 1.29 is 9.53 Å². The third kappa shape index (κ3) is 4.26. The fourth-order valence-electron chi connectivity index (χ4n) is 2.05. The SMILES string of the molecule is CC[C@H](C(=O)Nc1ccc(Oc2cccnc2)nc1)N(C)C. The van der Waals surface area contributed by atoms with Crippen molar-refractivity contribution in [3.05, 3.63) is 42.9 Å². The molecule has 2 aromatic rings. The topological polar surface area (TPSA) is 67.3 Å². The van der Waals surface area contributed by atoms with E-state index in [1.54, 1.807) is 42.9 Å². The average molecular weight is 300 g/mol. The first-order valence-electron chi connectivity index (χ1n) is 7.11. The number of hydrogen-bond donors (Lipinski definition) is 1. The van der Waals surface area contributed by atoms with Gasteiger partial charge in [0.15, 0.2) is 0 Å². The molecule has 0 saturated heterocycles. The summed E-state index contributed by atoms with van der Waals surface area (Å²) in [4.78, 5) is 22.2. The third-order valence-electron chi connectivity index (χ3n) is 3.17. The van der Waals surface area contributed by atoms with Gasteiger partial charge >= 0.3 is 0 Å². The number of hydrogen-bond acceptors (Lipinski definition) is 5. The van der Waals surface area contributed by atoms with Gasteiger partial charge in [-0.25, -0.2) is 4.98 Å². The Hall–Kier alpha value is -2.47. The molecule has 2 heterocycles. The number of aromatic nitrogens is 2. The number of nitrogens with one attached hydrogen (secondary N) is 1. The summed E-state index contributed by atoms with van der Waals surface area (Å²) in [6, 6.07) is 6.90. The van der Waals surface area contributed by atoms with E-state index >= 15 is 0 Å². The molecule has 6 nitrogen and oxygen atoms in total. The molecule has 0 bridgehead atoms. The second-order valence-corrected chi connectivity index (χ2v) is 5.05. The van der Waals surface area contributed by atoms with Crippen molar-refractivity contribution >= 4 is 11.6 Å². The number of nitrogens with zero attached hydrogens (tertiary/aromatic N) is 3. The maximum atomic E-state index is 12.1. The number of amides is 1. The zero-order valence-electron chi connectivity index (χ0n) is 13.0. The maximum Gasteiger partial charge on any atom is 0.241 e. The Morgan fingerprint density at radius 1 is 1.32 bits per heavy atom. The number of anilines is 1. The van der Waals surface area contributed by atoms with E-state index in [-0.39, 0.29) is 11.9 Å². The quantitative estimate of drug-likeness (QED) is 0.888. The molecule has 0 spiro atoms. The van der Waals surface area contributed by atoms with Gasteiger partial charge in [0.1, 0.15) is 5.75 Å². The van der Waals surface area contributed by atoms with Gasteiger partial charge in [-0.15, -0.1) is 0 Å². The molecule has 2 rings (SSSR count). The zero-order valence-corrected chi connectivity index (χ0v) is 13.0. The molecule has 0 aromatic carbocycles. The molecular formula is C16H20N4O2. The number of likely N-dealkylation sites (N-methyl/N-ethyl adjacent to an activating group) is 1. The van der Waals surface area contributed by atoms with Crippen molar-refractivity contribution in [3.63, 3.8) is 0 Å². The van der Waals surface area contributed by atoms with Gasteiger partial charge in [0.05, 0.1) is 24.1 Å². The van der Waals surface area contributed by atoms with Gasteiger partial charge in [-0.2, -0.15) is 0 Å². The fourth-order valence-corrected chi connectivity index (χ4v) is 2.05. The van der Waals surface area contributed by atoms with E-state index < -0.39 is 0 Å². The Bertz CT molecular complexity index is 599. The first kappa shape index (κ1) is 15.9. The highest BCUT2D eigenvalue weighted by Gasteiger charge is 2.18. The largest absolute Gasteiger partial charge is 0.437 e. The fraction of sp³-hybridized carbons (Fsp3) is 0.312. The first-order chi connectivity index (χ1) is 10.6. The number of rotatable bonds is 6. The maximum absolute atomic E-state index is 12.1. The predicted molar refractivity (Wildman–Crippen MR) is 84.9 cm³/mol. The van der Waals surface area contributed by atoms with Crippen LogP contribution in [0.3, 0.4) is 0 Å². The van der Waals surface area contributed by atoms with E-state index in [0.29, 0.717) is 17.3 Å². The summed E-state index contributed by atoms with van der Waals surface area (Å²) in [7, 11) is 3.77. The summed E-state index contributed by atoms with van der Waals surface area (Å²) in [6.07, 6.45) is 5.61. The highest BCUT2D eigenvalue weighted by Crippen LogP contribution is 2.19. The summed E-state index contributed by atoms with van der Waals surface area (Å²) in [5, 5.41) is 2.85. The molecule has 0 aliphatic heterocycles. The molecule has 0 fully saturated rings. The molecule has 0 aliphatic rings. The van der Waals surface area contributed by atoms with Gasteiger partial charge in [0, 0.05) is 12.3 Å². The molecule has 0 radical (unpaired) electrons. The predicted octanol–water partition coefficient (Wildman–Crippen LogP) is 2.55. The molecule has 1 N–H and O–H groups in total. The molecule has 22 heavy (non-hydrogen) atoms. The lowest BCUT2D eigenvalue weighted by molar-refractivity contribution is -0.120. The van der Waals surface area contributed by atoms with E-state index in [1.807, 2.05) is 25.9 Å². The Labute approximate surface area is 130 Å². The van der Waals surface area contributed by atoms with Crippen LogP contribution < -0.4 is 10.1 Å². The number of carbonyl (C=O) groups is 1. The monoisotopic (exact) mass is 300 g/mol. The van der Waals surface area contributed by atoms with Gasteiger partial charge in [-0.3, -0.25) is 14.7 Å². The van der Waals surface area contributed by atoms with Crippen molar-refractivity contribution in [2.45, 2.75) is 19.4 Å². The second kappa shape index (κ2) is 7.51. The summed E-state index contributed by atoms with van der Waals surface area (Å²) in [5.74, 6) is 1.02. The molecule has 1 amide bonds. The van der Waals surface area contributed by atoms with Gasteiger partial charge in [0.25, 0.3) is 0 Å². The van der Waals surface area contributed by atoms with Crippen LogP contribution in [0.4, 0.5) is 5.69 Å². The standard InChI is InChI=1S/C16H20N4O2/c1-4-14(20(2)3)16(21)19-12-7-8-15(18-10-12)22-13-6-5-9-17-11-13/h5-11,14H,4H2,1-3H3,(H,19,21)/t14-/m1/s1. The molecule has 0 unspecified atom stereocenters. The van der Waals surface area contributed by atoms with E-state index in [4.69, 9.17) is 4.74 Å². The third-order valence-corrected chi connectivity index (χ3v) is 3.17. The minimum atomic E-state index is -0.161. The minimum absolute atomic E-state index is 0.0461. The number of ether oxygens (including phenoxy) is 1. The van der Waals surface area contributed by atoms with Crippen LogP contribution in [0.15, 0.2) is 42.9 Å². The van der Waals surface area contributed by atoms with Crippen LogP contribution >= 0.6 is 0 Å². The van der Waals surface area contributed by atoms with Gasteiger partial charge in [-0.05, 0) is 38.7 Å². The van der Waals surface area contributed by atoms with E-state index in [1.165, 1.54) is 0 Å². The van der Waals surface area contributed by atoms with Crippen LogP contribution in [-0.4, -0.2) is 40.9 Å². The Balaban J connectivity index is 1.98. The van der Waals surface area contributed by atoms with Gasteiger partial charge in [0.2, 0.25) is 11.8 Å². The summed E-state index contributed by atoms with van der Waals surface area (Å²) < 4.78 is 5.55. The highest BCUT2D eigenvalue weighted by atomic mass is 16.5. The number of carbonyl (C=O) groups excluding carboxylic acids is 1. The van der Waals surface area contributed by atoms with Crippen LogP contribution in [0.1, 0.15) is 13.3 Å². The smallest absolute Gasteiger partial charge is 0.241 e. The summed E-state index contributed by atoms with van der Waals surface area (Å²) >= 11 is 0. The molecule has 6 heteroatoms. The van der Waals surface area contributed by atoms with E-state index in [9.17, 15) is 4.79 Å². The first-order valence-corrected chi connectivity index (χ1v) is 7.11. The van der Waals surface area contributed by atoms with E-state index in [2.05, 4.69) is 15.3 Å². The molecule has 0 aliphatic carbocycles. The van der Waals surface area contributed by atoms with Gasteiger partial charge < -0.3 is 10.1 Å². The normalized spacial score (nSPS) is 12.0. The Morgan fingerprint density at radius 3 is 2.68 bits per heavy atom.